The summed E-state index contributed by atoms with van der Waals surface area (Å²) in [6.07, 6.45) is 1.58. The van der Waals surface area contributed by atoms with Crippen molar-refractivity contribution in [2.45, 2.75) is 6.92 Å². The van der Waals surface area contributed by atoms with Crippen molar-refractivity contribution in [3.63, 3.8) is 0 Å². The predicted molar refractivity (Wildman–Crippen MR) is 89.4 cm³/mol. The van der Waals surface area contributed by atoms with Crippen molar-refractivity contribution >= 4 is 28.6 Å². The number of nitro groups is 1. The number of hydrogen-bond acceptors (Lipinski definition) is 2. The van der Waals surface area contributed by atoms with Gasteiger partial charge in [-0.05, 0) is 12.1 Å². The van der Waals surface area contributed by atoms with Crippen molar-refractivity contribution in [2.24, 2.45) is 0 Å². The minimum Gasteiger partial charge on any atom is -0.354 e. The molecule has 0 bridgehead atoms. The molecule has 0 aliphatic carbocycles. The van der Waals surface area contributed by atoms with Crippen LogP contribution in [0.2, 0.25) is 5.02 Å². The van der Waals surface area contributed by atoms with Gasteiger partial charge in [-0.2, -0.15) is 0 Å². The Morgan fingerprint density at radius 1 is 1.18 bits per heavy atom. The third kappa shape index (κ3) is 2.49. The highest BCUT2D eigenvalue weighted by Crippen LogP contribution is 2.35. The van der Waals surface area contributed by atoms with Crippen LogP contribution in [0.3, 0.4) is 0 Å². The van der Waals surface area contributed by atoms with Crippen LogP contribution in [0.4, 0.5) is 0 Å². The summed E-state index contributed by atoms with van der Waals surface area (Å²) in [5, 5.41) is 12.5. The molecule has 0 fully saturated rings. The molecule has 1 aromatic heterocycles. The Kier molecular flexibility index (Phi) is 3.69. The number of rotatable bonds is 3. The Bertz CT molecular complexity index is 897. The highest BCUT2D eigenvalue weighted by molar-refractivity contribution is 6.33. The van der Waals surface area contributed by atoms with Crippen LogP contribution in [0.5, 0.6) is 0 Å². The van der Waals surface area contributed by atoms with Crippen LogP contribution >= 0.6 is 11.6 Å². The van der Waals surface area contributed by atoms with E-state index >= 15 is 0 Å². The summed E-state index contributed by atoms with van der Waals surface area (Å²) >= 11 is 6.28. The van der Waals surface area contributed by atoms with Gasteiger partial charge in [-0.3, -0.25) is 10.1 Å². The Balaban J connectivity index is 2.33. The zero-order valence-corrected chi connectivity index (χ0v) is 12.6. The highest BCUT2D eigenvalue weighted by atomic mass is 35.5. The standard InChI is InChI=1S/C17H13ClN2O2/c1-11(20(21)22)10-14-12-6-3-5-9-16(12)19-17(14)13-7-2-4-8-15(13)18/h2-10,19H,1H3/b11-10-. The van der Waals surface area contributed by atoms with Crippen molar-refractivity contribution in [3.8, 4) is 11.3 Å². The second-order valence-corrected chi connectivity index (χ2v) is 5.39. The molecule has 0 aliphatic rings. The van der Waals surface area contributed by atoms with E-state index in [1.165, 1.54) is 6.92 Å². The SMILES string of the molecule is C/C(=C/c1c(-c2ccccc2Cl)[nH]c2ccccc12)[N+](=O)[O-]. The lowest BCUT2D eigenvalue weighted by Gasteiger charge is -2.03. The molecule has 0 radical (unpaired) electrons. The molecule has 4 nitrogen and oxygen atoms in total. The number of para-hydroxylation sites is 1. The molecule has 0 unspecified atom stereocenters. The van der Waals surface area contributed by atoms with Gasteiger partial charge in [0.15, 0.2) is 0 Å². The summed E-state index contributed by atoms with van der Waals surface area (Å²) in [5.74, 6) is 0. The zero-order chi connectivity index (χ0) is 15.7. The first-order valence-corrected chi connectivity index (χ1v) is 7.14. The number of aromatic amines is 1. The van der Waals surface area contributed by atoms with E-state index in [0.717, 1.165) is 27.7 Å². The van der Waals surface area contributed by atoms with Gasteiger partial charge in [0.1, 0.15) is 0 Å². The smallest absolute Gasteiger partial charge is 0.243 e. The Hall–Kier alpha value is -2.59. The van der Waals surface area contributed by atoms with E-state index in [-0.39, 0.29) is 5.70 Å². The van der Waals surface area contributed by atoms with Crippen LogP contribution in [0, 0.1) is 10.1 Å². The topological polar surface area (TPSA) is 58.9 Å². The maximum Gasteiger partial charge on any atom is 0.243 e. The quantitative estimate of drug-likeness (QED) is 0.538. The fourth-order valence-electron chi connectivity index (χ4n) is 2.45. The van der Waals surface area contributed by atoms with E-state index in [0.29, 0.717) is 5.02 Å². The van der Waals surface area contributed by atoms with Gasteiger partial charge in [-0.1, -0.05) is 48.0 Å². The minimum atomic E-state index is -0.391. The number of H-pyrrole nitrogens is 1. The molecule has 0 aliphatic heterocycles. The van der Waals surface area contributed by atoms with E-state index in [4.69, 9.17) is 11.6 Å². The minimum absolute atomic E-state index is 0.0815. The lowest BCUT2D eigenvalue weighted by molar-refractivity contribution is -0.422. The molecule has 0 amide bonds. The third-order valence-corrected chi connectivity index (χ3v) is 3.86. The van der Waals surface area contributed by atoms with Crippen molar-refractivity contribution in [3.05, 3.63) is 74.9 Å². The second-order valence-electron chi connectivity index (χ2n) is 4.98. The molecule has 1 N–H and O–H groups in total. The van der Waals surface area contributed by atoms with Gasteiger partial charge >= 0.3 is 0 Å². The number of nitrogens with one attached hydrogen (secondary N) is 1. The summed E-state index contributed by atoms with van der Waals surface area (Å²) in [4.78, 5) is 13.9. The molecule has 110 valence electrons. The molecule has 22 heavy (non-hydrogen) atoms. The summed E-state index contributed by atoms with van der Waals surface area (Å²) in [6.45, 7) is 1.48. The fraction of sp³-hybridized carbons (Fsp3) is 0.0588. The van der Waals surface area contributed by atoms with Crippen molar-refractivity contribution in [1.82, 2.24) is 4.98 Å². The van der Waals surface area contributed by atoms with E-state index < -0.39 is 4.92 Å². The monoisotopic (exact) mass is 312 g/mol. The van der Waals surface area contributed by atoms with Crippen molar-refractivity contribution in [1.29, 1.82) is 0 Å². The van der Waals surface area contributed by atoms with Crippen LogP contribution in [-0.4, -0.2) is 9.91 Å². The highest BCUT2D eigenvalue weighted by Gasteiger charge is 2.15. The summed E-state index contributed by atoms with van der Waals surface area (Å²) in [6, 6.07) is 15.1. The second kappa shape index (κ2) is 5.66. The lowest BCUT2D eigenvalue weighted by Crippen LogP contribution is -1.93. The predicted octanol–water partition coefficient (Wildman–Crippen LogP) is 5.13. The normalized spacial score (nSPS) is 11.8. The summed E-state index contributed by atoms with van der Waals surface area (Å²) < 4.78 is 0. The van der Waals surface area contributed by atoms with E-state index in [9.17, 15) is 10.1 Å². The number of benzene rings is 2. The number of aromatic nitrogens is 1. The van der Waals surface area contributed by atoms with Crippen LogP contribution in [0.25, 0.3) is 28.2 Å². The fourth-order valence-corrected chi connectivity index (χ4v) is 2.68. The average Bonchev–Trinajstić information content (AvgIpc) is 2.86. The third-order valence-electron chi connectivity index (χ3n) is 3.53. The van der Waals surface area contributed by atoms with Gasteiger partial charge in [-0.15, -0.1) is 0 Å². The lowest BCUT2D eigenvalue weighted by atomic mass is 10.0. The van der Waals surface area contributed by atoms with Crippen molar-refractivity contribution < 1.29 is 4.92 Å². The molecular weight excluding hydrogens is 300 g/mol. The number of halogens is 1. The van der Waals surface area contributed by atoms with Crippen LogP contribution in [0.15, 0.2) is 54.2 Å². The Morgan fingerprint density at radius 3 is 2.59 bits per heavy atom. The summed E-state index contributed by atoms with van der Waals surface area (Å²) in [5.41, 5.74) is 3.38. The van der Waals surface area contributed by atoms with Gasteiger partial charge < -0.3 is 4.98 Å². The first-order valence-electron chi connectivity index (χ1n) is 6.76. The molecule has 5 heteroatoms. The first-order chi connectivity index (χ1) is 10.6. The number of fused-ring (bicyclic) bond motifs is 1. The molecule has 0 saturated heterocycles. The van der Waals surface area contributed by atoms with Gasteiger partial charge in [-0.25, -0.2) is 0 Å². The van der Waals surface area contributed by atoms with E-state index in [2.05, 4.69) is 4.98 Å². The van der Waals surface area contributed by atoms with E-state index in [1.54, 1.807) is 12.1 Å². The number of allylic oxidation sites excluding steroid dienone is 1. The largest absolute Gasteiger partial charge is 0.354 e. The Morgan fingerprint density at radius 2 is 1.86 bits per heavy atom. The molecule has 3 rings (SSSR count). The molecule has 0 spiro atoms. The molecule has 2 aromatic carbocycles. The Labute approximate surface area is 132 Å². The van der Waals surface area contributed by atoms with E-state index in [1.807, 2.05) is 42.5 Å². The maximum atomic E-state index is 11.0. The van der Waals surface area contributed by atoms with Gasteiger partial charge in [0.05, 0.1) is 10.6 Å². The zero-order valence-electron chi connectivity index (χ0n) is 11.8. The number of hydrogen-bond donors (Lipinski definition) is 1. The van der Waals surface area contributed by atoms with Crippen molar-refractivity contribution in [2.75, 3.05) is 0 Å². The summed E-state index contributed by atoms with van der Waals surface area (Å²) in [7, 11) is 0. The molecule has 3 aromatic rings. The van der Waals surface area contributed by atoms with Gasteiger partial charge in [0.25, 0.3) is 0 Å². The molecule has 0 atom stereocenters. The first kappa shape index (κ1) is 14.4. The molecule has 1 heterocycles. The molecule has 0 saturated carbocycles. The molecular formula is C17H13ClN2O2. The van der Waals surface area contributed by atoms with Crippen LogP contribution in [-0.2, 0) is 0 Å². The number of nitrogens with zero attached hydrogens (tertiary/aromatic N) is 1. The van der Waals surface area contributed by atoms with Crippen LogP contribution in [0.1, 0.15) is 12.5 Å². The van der Waals surface area contributed by atoms with Gasteiger partial charge in [0.2, 0.25) is 5.70 Å². The maximum absolute atomic E-state index is 11.0. The van der Waals surface area contributed by atoms with Gasteiger partial charge in [0, 0.05) is 40.1 Å². The van der Waals surface area contributed by atoms with Crippen LogP contribution < -0.4 is 0 Å². The average molecular weight is 313 g/mol.